The van der Waals surface area contributed by atoms with E-state index in [1.54, 1.807) is 6.20 Å². The van der Waals surface area contributed by atoms with Gasteiger partial charge in [-0.25, -0.2) is 0 Å². The van der Waals surface area contributed by atoms with Crippen molar-refractivity contribution in [3.8, 4) is 5.88 Å². The number of rotatable bonds is 2. The second kappa shape index (κ2) is 5.24. The van der Waals surface area contributed by atoms with Gasteiger partial charge in [0.1, 0.15) is 6.10 Å². The number of aromatic nitrogens is 2. The number of nitrogens with one attached hydrogen (secondary N) is 1. The van der Waals surface area contributed by atoms with Gasteiger partial charge in [-0.2, -0.15) is 5.10 Å². The van der Waals surface area contributed by atoms with E-state index in [1.165, 1.54) is 0 Å². The van der Waals surface area contributed by atoms with Crippen molar-refractivity contribution in [2.75, 3.05) is 19.7 Å². The Morgan fingerprint density at radius 3 is 3.00 bits per heavy atom. The van der Waals surface area contributed by atoms with Crippen LogP contribution in [0.2, 0.25) is 0 Å². The summed E-state index contributed by atoms with van der Waals surface area (Å²) in [6.45, 7) is 2.70. The summed E-state index contributed by atoms with van der Waals surface area (Å²) in [4.78, 5) is 0. The van der Waals surface area contributed by atoms with Crippen molar-refractivity contribution in [1.29, 1.82) is 0 Å². The molecule has 0 amide bonds. The van der Waals surface area contributed by atoms with Crippen molar-refractivity contribution in [1.82, 2.24) is 15.5 Å². The van der Waals surface area contributed by atoms with Gasteiger partial charge in [-0.3, -0.25) is 0 Å². The molecular formula is C16H19N3O2. The van der Waals surface area contributed by atoms with Gasteiger partial charge < -0.3 is 14.8 Å². The first kappa shape index (κ1) is 13.0. The number of ether oxygens (including phenoxy) is 2. The minimum absolute atomic E-state index is 0.00787. The zero-order chi connectivity index (χ0) is 14.1. The summed E-state index contributed by atoms with van der Waals surface area (Å²) in [6.07, 6.45) is 4.91. The Labute approximate surface area is 123 Å². The third-order valence-corrected chi connectivity index (χ3v) is 4.50. The molecule has 1 unspecified atom stereocenters. The maximum absolute atomic E-state index is 6.10. The van der Waals surface area contributed by atoms with Crippen LogP contribution in [-0.2, 0) is 4.74 Å². The Morgan fingerprint density at radius 1 is 1.24 bits per heavy atom. The summed E-state index contributed by atoms with van der Waals surface area (Å²) in [5.74, 6) is 0.618. The first-order valence-corrected chi connectivity index (χ1v) is 7.56. The molecule has 5 heteroatoms. The lowest BCUT2D eigenvalue weighted by Crippen LogP contribution is -2.41. The van der Waals surface area contributed by atoms with Crippen LogP contribution >= 0.6 is 0 Å². The van der Waals surface area contributed by atoms with Crippen LogP contribution in [0.3, 0.4) is 0 Å². The van der Waals surface area contributed by atoms with Gasteiger partial charge in [-0.1, -0.05) is 18.2 Å². The van der Waals surface area contributed by atoms with Gasteiger partial charge in [0.2, 0.25) is 5.88 Å². The highest BCUT2D eigenvalue weighted by Crippen LogP contribution is 2.36. The molecule has 21 heavy (non-hydrogen) atoms. The van der Waals surface area contributed by atoms with Crippen molar-refractivity contribution in [2.24, 2.45) is 0 Å². The fraction of sp³-hybridized carbons (Fsp3) is 0.500. The molecule has 110 valence electrons. The molecule has 0 radical (unpaired) electrons. The number of piperidine rings is 1. The Kier molecular flexibility index (Phi) is 3.24. The SMILES string of the molecule is c1ccc2c(OC3COC4(CCNCC4)C3)nncc2c1. The van der Waals surface area contributed by atoms with E-state index in [-0.39, 0.29) is 11.7 Å². The van der Waals surface area contributed by atoms with E-state index in [4.69, 9.17) is 9.47 Å². The van der Waals surface area contributed by atoms with Crippen LogP contribution in [-0.4, -0.2) is 41.6 Å². The van der Waals surface area contributed by atoms with Crippen LogP contribution < -0.4 is 10.1 Å². The molecule has 1 spiro atoms. The molecule has 0 saturated carbocycles. The zero-order valence-electron chi connectivity index (χ0n) is 11.9. The molecule has 0 aliphatic carbocycles. The predicted molar refractivity (Wildman–Crippen MR) is 79.4 cm³/mol. The third kappa shape index (κ3) is 2.47. The zero-order valence-corrected chi connectivity index (χ0v) is 11.9. The van der Waals surface area contributed by atoms with Crippen LogP contribution in [0.5, 0.6) is 5.88 Å². The van der Waals surface area contributed by atoms with Gasteiger partial charge in [0, 0.05) is 17.2 Å². The first-order valence-electron chi connectivity index (χ1n) is 7.56. The molecule has 3 heterocycles. The van der Waals surface area contributed by atoms with Crippen LogP contribution in [0.1, 0.15) is 19.3 Å². The highest BCUT2D eigenvalue weighted by molar-refractivity contribution is 5.85. The van der Waals surface area contributed by atoms with Gasteiger partial charge in [0.05, 0.1) is 18.4 Å². The highest BCUT2D eigenvalue weighted by Gasteiger charge is 2.42. The van der Waals surface area contributed by atoms with E-state index < -0.39 is 0 Å². The molecule has 1 aromatic heterocycles. The maximum atomic E-state index is 6.10. The Morgan fingerprint density at radius 2 is 2.10 bits per heavy atom. The number of nitrogens with zero attached hydrogens (tertiary/aromatic N) is 2. The van der Waals surface area contributed by atoms with Crippen LogP contribution in [0.4, 0.5) is 0 Å². The Balaban J connectivity index is 1.53. The normalized spacial score (nSPS) is 24.5. The number of fused-ring (bicyclic) bond motifs is 1. The molecule has 4 rings (SSSR count). The minimum atomic E-state index is 0.00787. The van der Waals surface area contributed by atoms with E-state index in [0.29, 0.717) is 12.5 Å². The summed E-state index contributed by atoms with van der Waals surface area (Å²) >= 11 is 0. The molecule has 2 fully saturated rings. The largest absolute Gasteiger partial charge is 0.470 e. The number of benzene rings is 1. The quantitative estimate of drug-likeness (QED) is 0.913. The average molecular weight is 285 g/mol. The first-order chi connectivity index (χ1) is 10.3. The lowest BCUT2D eigenvalue weighted by atomic mass is 9.89. The second-order valence-electron chi connectivity index (χ2n) is 5.92. The number of hydrogen-bond acceptors (Lipinski definition) is 5. The van der Waals surface area contributed by atoms with Crippen molar-refractivity contribution >= 4 is 10.8 Å². The molecule has 1 N–H and O–H groups in total. The fourth-order valence-corrected chi connectivity index (χ4v) is 3.36. The van der Waals surface area contributed by atoms with E-state index >= 15 is 0 Å². The van der Waals surface area contributed by atoms with Gasteiger partial charge in [-0.05, 0) is 32.0 Å². The van der Waals surface area contributed by atoms with Gasteiger partial charge >= 0.3 is 0 Å². The Hall–Kier alpha value is -1.72. The lowest BCUT2D eigenvalue weighted by molar-refractivity contribution is -0.0205. The van der Waals surface area contributed by atoms with Crippen LogP contribution in [0.25, 0.3) is 10.8 Å². The molecule has 2 aromatic rings. The summed E-state index contributed by atoms with van der Waals surface area (Å²) < 4.78 is 12.2. The molecule has 2 aliphatic heterocycles. The molecule has 2 saturated heterocycles. The molecule has 1 aromatic carbocycles. The Bertz CT molecular complexity index is 635. The summed E-state index contributed by atoms with van der Waals surface area (Å²) in [5.41, 5.74) is 0.00787. The molecule has 2 aliphatic rings. The maximum Gasteiger partial charge on any atom is 0.241 e. The van der Waals surface area contributed by atoms with Crippen LogP contribution in [0, 0.1) is 0 Å². The van der Waals surface area contributed by atoms with Crippen molar-refractivity contribution in [2.45, 2.75) is 31.0 Å². The van der Waals surface area contributed by atoms with Crippen molar-refractivity contribution in [3.63, 3.8) is 0 Å². The fourth-order valence-electron chi connectivity index (χ4n) is 3.36. The molecular weight excluding hydrogens is 266 g/mol. The van der Waals surface area contributed by atoms with Gasteiger partial charge in [-0.15, -0.1) is 5.10 Å². The molecule has 5 nitrogen and oxygen atoms in total. The molecule has 0 bridgehead atoms. The predicted octanol–water partition coefficient (Wildman–Crippen LogP) is 1.92. The van der Waals surface area contributed by atoms with E-state index in [2.05, 4.69) is 15.5 Å². The molecule has 1 atom stereocenters. The van der Waals surface area contributed by atoms with Crippen LogP contribution in [0.15, 0.2) is 30.5 Å². The van der Waals surface area contributed by atoms with Gasteiger partial charge in [0.25, 0.3) is 0 Å². The van der Waals surface area contributed by atoms with E-state index in [0.717, 1.165) is 43.1 Å². The van der Waals surface area contributed by atoms with Crippen molar-refractivity contribution < 1.29 is 9.47 Å². The lowest BCUT2D eigenvalue weighted by Gasteiger charge is -2.32. The van der Waals surface area contributed by atoms with E-state index in [9.17, 15) is 0 Å². The number of hydrogen-bond donors (Lipinski definition) is 1. The smallest absolute Gasteiger partial charge is 0.241 e. The second-order valence-corrected chi connectivity index (χ2v) is 5.92. The summed E-state index contributed by atoms with van der Waals surface area (Å²) in [6, 6.07) is 8.04. The highest BCUT2D eigenvalue weighted by atomic mass is 16.6. The monoisotopic (exact) mass is 285 g/mol. The average Bonchev–Trinajstić information content (AvgIpc) is 2.91. The summed E-state index contributed by atoms with van der Waals surface area (Å²) in [7, 11) is 0. The standard InChI is InChI=1S/C16H19N3O2/c1-2-4-14-12(3-1)10-18-19-15(14)21-13-9-16(20-11-13)5-7-17-8-6-16/h1-4,10,13,17H,5-9,11H2. The van der Waals surface area contributed by atoms with Gasteiger partial charge in [0.15, 0.2) is 0 Å². The summed E-state index contributed by atoms with van der Waals surface area (Å²) in [5, 5.41) is 13.6. The van der Waals surface area contributed by atoms with Crippen molar-refractivity contribution in [3.05, 3.63) is 30.5 Å². The third-order valence-electron chi connectivity index (χ3n) is 4.50. The minimum Gasteiger partial charge on any atom is -0.470 e. The topological polar surface area (TPSA) is 56.3 Å². The van der Waals surface area contributed by atoms with E-state index in [1.807, 2.05) is 24.3 Å².